The molecule has 0 aromatic carbocycles. The molecular weight excluding hydrogens is 168 g/mol. The fourth-order valence-electron chi connectivity index (χ4n) is 1.19. The molecule has 0 radical (unpaired) electrons. The van der Waals surface area contributed by atoms with E-state index < -0.39 is 0 Å². The molecule has 1 heterocycles. The third kappa shape index (κ3) is 4.62. The Bertz CT molecular complexity index is 199. The maximum Gasteiger partial charge on any atom is 0.213 e. The first kappa shape index (κ1) is 10.2. The van der Waals surface area contributed by atoms with Crippen LogP contribution >= 0.6 is 0 Å². The van der Waals surface area contributed by atoms with Crippen LogP contribution in [0.2, 0.25) is 0 Å². The highest BCUT2D eigenvalue weighted by Crippen LogP contribution is 2.03. The Hall–Kier alpha value is -0.900. The lowest BCUT2D eigenvalue weighted by Crippen LogP contribution is -1.91. The predicted octanol–water partition coefficient (Wildman–Crippen LogP) is 1.82. The monoisotopic (exact) mass is 184 g/mol. The highest BCUT2D eigenvalue weighted by atomic mass is 16.5. The smallest absolute Gasteiger partial charge is 0.213 e. The van der Waals surface area contributed by atoms with Crippen LogP contribution in [-0.2, 0) is 11.2 Å². The summed E-state index contributed by atoms with van der Waals surface area (Å²) in [5, 5.41) is 3.74. The molecule has 0 amide bonds. The van der Waals surface area contributed by atoms with Gasteiger partial charge in [-0.05, 0) is 12.8 Å². The minimum Gasteiger partial charge on any atom is -0.385 e. The van der Waals surface area contributed by atoms with Crippen molar-refractivity contribution in [1.82, 2.24) is 10.1 Å². The van der Waals surface area contributed by atoms with E-state index in [2.05, 4.69) is 14.7 Å². The number of hydrogen-bond donors (Lipinski definition) is 0. The van der Waals surface area contributed by atoms with E-state index >= 15 is 0 Å². The lowest BCUT2D eigenvalue weighted by molar-refractivity contribution is 0.192. The SMILES string of the molecule is COCCCCCCc1ncon1. The quantitative estimate of drug-likeness (QED) is 0.606. The third-order valence-corrected chi connectivity index (χ3v) is 1.91. The van der Waals surface area contributed by atoms with E-state index in [-0.39, 0.29) is 0 Å². The van der Waals surface area contributed by atoms with Crippen LogP contribution < -0.4 is 0 Å². The Morgan fingerprint density at radius 1 is 1.31 bits per heavy atom. The standard InChI is InChI=1S/C9H16N2O2/c1-12-7-5-3-2-4-6-9-10-8-13-11-9/h8H,2-7H2,1H3. The number of unbranched alkanes of at least 4 members (excludes halogenated alkanes) is 3. The summed E-state index contributed by atoms with van der Waals surface area (Å²) in [6.45, 7) is 0.863. The number of rotatable bonds is 7. The van der Waals surface area contributed by atoms with Crippen LogP contribution in [0.25, 0.3) is 0 Å². The zero-order valence-corrected chi connectivity index (χ0v) is 8.03. The molecule has 0 saturated carbocycles. The molecule has 0 atom stereocenters. The Balaban J connectivity index is 1.90. The topological polar surface area (TPSA) is 48.2 Å². The molecule has 0 unspecified atom stereocenters. The van der Waals surface area contributed by atoms with Crippen LogP contribution in [0.3, 0.4) is 0 Å². The van der Waals surface area contributed by atoms with Crippen molar-refractivity contribution in [3.63, 3.8) is 0 Å². The maximum atomic E-state index is 4.95. The summed E-state index contributed by atoms with van der Waals surface area (Å²) >= 11 is 0. The minimum absolute atomic E-state index is 0.812. The number of hydrogen-bond acceptors (Lipinski definition) is 4. The van der Waals surface area contributed by atoms with E-state index in [1.54, 1.807) is 7.11 Å². The van der Waals surface area contributed by atoms with Crippen molar-refractivity contribution >= 4 is 0 Å². The van der Waals surface area contributed by atoms with Gasteiger partial charge in [-0.15, -0.1) is 0 Å². The van der Waals surface area contributed by atoms with Crippen LogP contribution in [0.1, 0.15) is 31.5 Å². The van der Waals surface area contributed by atoms with Gasteiger partial charge in [-0.25, -0.2) is 0 Å². The zero-order valence-electron chi connectivity index (χ0n) is 8.03. The van der Waals surface area contributed by atoms with Crippen molar-refractivity contribution in [1.29, 1.82) is 0 Å². The van der Waals surface area contributed by atoms with Gasteiger partial charge in [0, 0.05) is 20.1 Å². The number of ether oxygens (including phenoxy) is 1. The molecule has 0 aliphatic carbocycles. The normalized spacial score (nSPS) is 10.5. The Morgan fingerprint density at radius 2 is 2.15 bits per heavy atom. The van der Waals surface area contributed by atoms with Crippen molar-refractivity contribution < 1.29 is 9.26 Å². The van der Waals surface area contributed by atoms with Crippen LogP contribution in [0.4, 0.5) is 0 Å². The number of nitrogens with zero attached hydrogens (tertiary/aromatic N) is 2. The molecule has 4 nitrogen and oxygen atoms in total. The molecular formula is C9H16N2O2. The average Bonchev–Trinajstić information content (AvgIpc) is 2.63. The molecule has 0 aliphatic heterocycles. The Morgan fingerprint density at radius 3 is 2.85 bits per heavy atom. The predicted molar refractivity (Wildman–Crippen MR) is 48.3 cm³/mol. The first-order chi connectivity index (χ1) is 6.43. The van der Waals surface area contributed by atoms with Gasteiger partial charge in [-0.1, -0.05) is 18.0 Å². The molecule has 1 rings (SSSR count). The van der Waals surface area contributed by atoms with Crippen LogP contribution in [-0.4, -0.2) is 23.9 Å². The molecule has 0 bridgehead atoms. The molecule has 0 spiro atoms. The number of aromatic nitrogens is 2. The molecule has 1 aromatic heterocycles. The van der Waals surface area contributed by atoms with Gasteiger partial charge >= 0.3 is 0 Å². The first-order valence-corrected chi connectivity index (χ1v) is 4.67. The summed E-state index contributed by atoms with van der Waals surface area (Å²) in [6, 6.07) is 0. The van der Waals surface area contributed by atoms with Crippen molar-refractivity contribution in [2.75, 3.05) is 13.7 Å². The highest BCUT2D eigenvalue weighted by Gasteiger charge is 1.97. The van der Waals surface area contributed by atoms with Crippen LogP contribution in [0.5, 0.6) is 0 Å². The molecule has 13 heavy (non-hydrogen) atoms. The van der Waals surface area contributed by atoms with Gasteiger partial charge in [0.1, 0.15) is 0 Å². The second-order valence-corrected chi connectivity index (χ2v) is 3.00. The van der Waals surface area contributed by atoms with E-state index in [1.807, 2.05) is 0 Å². The molecule has 74 valence electrons. The van der Waals surface area contributed by atoms with Crippen molar-refractivity contribution in [3.8, 4) is 0 Å². The van der Waals surface area contributed by atoms with Crippen molar-refractivity contribution in [2.45, 2.75) is 32.1 Å². The van der Waals surface area contributed by atoms with Gasteiger partial charge in [0.25, 0.3) is 0 Å². The van der Waals surface area contributed by atoms with Crippen molar-refractivity contribution in [2.24, 2.45) is 0 Å². The maximum absolute atomic E-state index is 4.95. The van der Waals surface area contributed by atoms with Crippen LogP contribution in [0, 0.1) is 0 Å². The Kier molecular flexibility index (Phi) is 5.17. The first-order valence-electron chi connectivity index (χ1n) is 4.67. The molecule has 1 aromatic rings. The van der Waals surface area contributed by atoms with E-state index in [9.17, 15) is 0 Å². The second kappa shape index (κ2) is 6.60. The zero-order chi connectivity index (χ0) is 9.36. The lowest BCUT2D eigenvalue weighted by atomic mass is 10.1. The summed E-state index contributed by atoms with van der Waals surface area (Å²) in [4.78, 5) is 3.95. The number of aryl methyl sites for hydroxylation is 1. The van der Waals surface area contributed by atoms with E-state index in [0.717, 1.165) is 31.7 Å². The molecule has 4 heteroatoms. The van der Waals surface area contributed by atoms with Gasteiger partial charge in [0.2, 0.25) is 6.39 Å². The molecule has 0 fully saturated rings. The van der Waals surface area contributed by atoms with Gasteiger partial charge in [-0.3, -0.25) is 0 Å². The fourth-order valence-corrected chi connectivity index (χ4v) is 1.19. The van der Waals surface area contributed by atoms with E-state index in [0.29, 0.717) is 0 Å². The lowest BCUT2D eigenvalue weighted by Gasteiger charge is -1.98. The highest BCUT2D eigenvalue weighted by molar-refractivity contribution is 4.76. The summed E-state index contributed by atoms with van der Waals surface area (Å²) in [5.41, 5.74) is 0. The summed E-state index contributed by atoms with van der Waals surface area (Å²) in [5.74, 6) is 0.812. The van der Waals surface area contributed by atoms with Crippen molar-refractivity contribution in [3.05, 3.63) is 12.2 Å². The van der Waals surface area contributed by atoms with Gasteiger partial charge in [0.05, 0.1) is 0 Å². The van der Waals surface area contributed by atoms with E-state index in [4.69, 9.17) is 4.74 Å². The second-order valence-electron chi connectivity index (χ2n) is 3.00. The summed E-state index contributed by atoms with van der Waals surface area (Å²) in [6.07, 6.45) is 6.99. The Labute approximate surface area is 78.3 Å². The largest absolute Gasteiger partial charge is 0.385 e. The van der Waals surface area contributed by atoms with Gasteiger partial charge in [-0.2, -0.15) is 4.98 Å². The summed E-state index contributed by atoms with van der Waals surface area (Å²) < 4.78 is 9.58. The number of methoxy groups -OCH3 is 1. The van der Waals surface area contributed by atoms with E-state index in [1.165, 1.54) is 19.2 Å². The molecule has 0 aliphatic rings. The minimum atomic E-state index is 0.812. The third-order valence-electron chi connectivity index (χ3n) is 1.91. The molecule has 0 saturated heterocycles. The summed E-state index contributed by atoms with van der Waals surface area (Å²) in [7, 11) is 1.74. The fraction of sp³-hybridized carbons (Fsp3) is 0.778. The average molecular weight is 184 g/mol. The van der Waals surface area contributed by atoms with Crippen LogP contribution in [0.15, 0.2) is 10.9 Å². The van der Waals surface area contributed by atoms with Gasteiger partial charge in [0.15, 0.2) is 5.82 Å². The molecule has 0 N–H and O–H groups in total. The van der Waals surface area contributed by atoms with Gasteiger partial charge < -0.3 is 9.26 Å².